The molecule has 4 nitrogen and oxygen atoms in total. The Hall–Kier alpha value is -4.83. The van der Waals surface area contributed by atoms with Gasteiger partial charge in [0.1, 0.15) is 5.69 Å². The van der Waals surface area contributed by atoms with Crippen molar-refractivity contribution >= 4 is 0 Å². The summed E-state index contributed by atoms with van der Waals surface area (Å²) < 4.78 is 4.45. The van der Waals surface area contributed by atoms with Crippen molar-refractivity contribution in [3.8, 4) is 28.2 Å². The Kier molecular flexibility index (Phi) is 8.36. The largest absolute Gasteiger partial charge is 0.220 e. The van der Waals surface area contributed by atoms with Crippen LogP contribution in [-0.4, -0.2) is 15.0 Å². The summed E-state index contributed by atoms with van der Waals surface area (Å²) in [5.74, 6) is 0.291. The lowest BCUT2D eigenvalue weighted by molar-refractivity contribution is -0.725. The Morgan fingerprint density at radius 3 is 2.26 bits per heavy atom. The first kappa shape index (κ1) is 29.9. The Morgan fingerprint density at radius 2 is 1.50 bits per heavy atom. The molecule has 0 bridgehead atoms. The van der Waals surface area contributed by atoms with E-state index >= 15 is 0 Å². The van der Waals surface area contributed by atoms with Crippen LogP contribution in [0.2, 0.25) is 0 Å². The first-order valence-electron chi connectivity index (χ1n) is 16.9. The van der Waals surface area contributed by atoms with Crippen LogP contribution < -0.4 is 4.57 Å². The van der Waals surface area contributed by atoms with E-state index in [9.17, 15) is 0 Å². The summed E-state index contributed by atoms with van der Waals surface area (Å²) in [5, 5.41) is 9.32. The molecular weight excluding hydrogens is 560 g/mol. The highest BCUT2D eigenvalue weighted by molar-refractivity contribution is 5.68. The summed E-state index contributed by atoms with van der Waals surface area (Å²) in [7, 11) is 0. The molecule has 2 unspecified atom stereocenters. The molecule has 6 aromatic rings. The van der Waals surface area contributed by atoms with E-state index in [2.05, 4.69) is 169 Å². The molecule has 2 atom stereocenters. The Morgan fingerprint density at radius 1 is 0.761 bits per heavy atom. The normalized spacial score (nSPS) is 15.6. The number of aromatic nitrogens is 4. The van der Waals surface area contributed by atoms with Gasteiger partial charge in [-0.2, -0.15) is 4.57 Å². The van der Waals surface area contributed by atoms with Crippen LogP contribution in [0.15, 0.2) is 134 Å². The number of rotatable bonds is 10. The summed E-state index contributed by atoms with van der Waals surface area (Å²) in [6.07, 6.45) is 9.72. The lowest BCUT2D eigenvalue weighted by atomic mass is 9.65. The summed E-state index contributed by atoms with van der Waals surface area (Å²) >= 11 is 0. The molecule has 0 spiro atoms. The Labute approximate surface area is 273 Å². The molecule has 1 aliphatic heterocycles. The van der Waals surface area contributed by atoms with Gasteiger partial charge < -0.3 is 0 Å². The number of benzene rings is 4. The van der Waals surface area contributed by atoms with E-state index in [4.69, 9.17) is 0 Å². The molecule has 0 radical (unpaired) electrons. The van der Waals surface area contributed by atoms with Crippen molar-refractivity contribution < 1.29 is 4.57 Å². The first-order chi connectivity index (χ1) is 22.6. The molecule has 0 saturated heterocycles. The van der Waals surface area contributed by atoms with Gasteiger partial charge in [-0.05, 0) is 72.2 Å². The number of pyridine rings is 1. The van der Waals surface area contributed by atoms with Crippen molar-refractivity contribution in [3.63, 3.8) is 0 Å². The lowest BCUT2D eigenvalue weighted by Gasteiger charge is -2.41. The summed E-state index contributed by atoms with van der Waals surface area (Å²) in [6, 6.07) is 44.5. The van der Waals surface area contributed by atoms with E-state index in [0.29, 0.717) is 12.0 Å². The fourth-order valence-corrected chi connectivity index (χ4v) is 8.02. The van der Waals surface area contributed by atoms with E-state index in [-0.39, 0.29) is 5.41 Å². The highest BCUT2D eigenvalue weighted by atomic mass is 15.4. The predicted octanol–water partition coefficient (Wildman–Crippen LogP) is 9.68. The van der Waals surface area contributed by atoms with Gasteiger partial charge in [-0.15, -0.1) is 5.10 Å². The van der Waals surface area contributed by atoms with Gasteiger partial charge >= 0.3 is 0 Å². The van der Waals surface area contributed by atoms with Gasteiger partial charge in [-0.3, -0.25) is 0 Å². The van der Waals surface area contributed by atoms with Crippen LogP contribution in [0.4, 0.5) is 0 Å². The minimum Gasteiger partial charge on any atom is -0.220 e. The van der Waals surface area contributed by atoms with Crippen LogP contribution in [0.5, 0.6) is 0 Å². The summed E-state index contributed by atoms with van der Waals surface area (Å²) in [6.45, 7) is 7.02. The zero-order valence-corrected chi connectivity index (χ0v) is 27.2. The van der Waals surface area contributed by atoms with E-state index < -0.39 is 0 Å². The topological polar surface area (TPSA) is 34.6 Å². The minimum absolute atomic E-state index is 0.103. The maximum Gasteiger partial charge on any atom is 0.213 e. The van der Waals surface area contributed by atoms with Crippen LogP contribution in [0.3, 0.4) is 0 Å². The van der Waals surface area contributed by atoms with E-state index in [1.54, 1.807) is 0 Å². The van der Waals surface area contributed by atoms with Gasteiger partial charge in [0.2, 0.25) is 5.69 Å². The molecule has 230 valence electrons. The molecule has 1 aliphatic rings. The van der Waals surface area contributed by atoms with Crippen LogP contribution in [0.25, 0.3) is 28.2 Å². The maximum atomic E-state index is 4.68. The second-order valence-corrected chi connectivity index (χ2v) is 12.7. The molecule has 4 heteroatoms. The van der Waals surface area contributed by atoms with Crippen molar-refractivity contribution in [2.75, 3.05) is 0 Å². The Balaban J connectivity index is 1.23. The quantitative estimate of drug-likeness (QED) is 0.146. The third-order valence-electron chi connectivity index (χ3n) is 10.4. The first-order valence-corrected chi connectivity index (χ1v) is 16.9. The number of fused-ring (bicyclic) bond motifs is 3. The monoisotopic (exact) mass is 603 g/mol. The molecule has 46 heavy (non-hydrogen) atoms. The fraction of sp³-hybridized carbons (Fsp3) is 0.262. The van der Waals surface area contributed by atoms with Gasteiger partial charge in [-0.1, -0.05) is 111 Å². The molecular formula is C42H43N4+. The third kappa shape index (κ3) is 5.36. The molecule has 0 fully saturated rings. The van der Waals surface area contributed by atoms with Crippen LogP contribution in [-0.2, 0) is 11.8 Å². The summed E-state index contributed by atoms with van der Waals surface area (Å²) in [4.78, 5) is 0. The van der Waals surface area contributed by atoms with Crippen molar-refractivity contribution in [1.82, 2.24) is 15.0 Å². The van der Waals surface area contributed by atoms with E-state index in [1.807, 2.05) is 4.68 Å². The molecule has 3 heterocycles. The number of hydrogen-bond donors (Lipinski definition) is 0. The fourth-order valence-electron chi connectivity index (χ4n) is 8.02. The highest BCUT2D eigenvalue weighted by Crippen LogP contribution is 2.48. The van der Waals surface area contributed by atoms with E-state index in [0.717, 1.165) is 49.0 Å². The molecule has 2 aromatic heterocycles. The van der Waals surface area contributed by atoms with Gasteiger partial charge in [0.25, 0.3) is 0 Å². The second-order valence-electron chi connectivity index (χ2n) is 12.7. The highest BCUT2D eigenvalue weighted by Gasteiger charge is 2.49. The van der Waals surface area contributed by atoms with E-state index in [1.165, 1.54) is 33.5 Å². The Bertz CT molecular complexity index is 1920. The lowest BCUT2D eigenvalue weighted by Crippen LogP contribution is -2.55. The zero-order chi connectivity index (χ0) is 31.5. The van der Waals surface area contributed by atoms with Crippen LogP contribution in [0.1, 0.15) is 80.7 Å². The SMILES string of the molecule is CCC1[n+]2ccccc2-c2cc(-n3cc(-c4cccc(C(CCc5ccccc5)c5ccccc5)c4)nn3)ccc2C1(CC)CC. The third-order valence-corrected chi connectivity index (χ3v) is 10.4. The molecule has 0 aliphatic carbocycles. The van der Waals surface area contributed by atoms with Crippen molar-refractivity contribution in [2.24, 2.45) is 0 Å². The summed E-state index contributed by atoms with van der Waals surface area (Å²) in [5.41, 5.74) is 11.1. The smallest absolute Gasteiger partial charge is 0.213 e. The number of nitrogens with zero attached hydrogens (tertiary/aromatic N) is 4. The van der Waals surface area contributed by atoms with Gasteiger partial charge in [-0.25, -0.2) is 4.68 Å². The van der Waals surface area contributed by atoms with Crippen LogP contribution >= 0.6 is 0 Å². The van der Waals surface area contributed by atoms with Crippen LogP contribution in [0, 0.1) is 0 Å². The maximum absolute atomic E-state index is 4.68. The molecule has 0 amide bonds. The molecule has 4 aromatic carbocycles. The average Bonchev–Trinajstić information content (AvgIpc) is 3.63. The van der Waals surface area contributed by atoms with Gasteiger partial charge in [0.05, 0.1) is 22.9 Å². The molecule has 7 rings (SSSR count). The second kappa shape index (κ2) is 12.9. The minimum atomic E-state index is 0.103. The van der Waals surface area contributed by atoms with Gasteiger partial charge in [0, 0.05) is 30.0 Å². The van der Waals surface area contributed by atoms with Gasteiger partial charge in [0.15, 0.2) is 12.2 Å². The zero-order valence-electron chi connectivity index (χ0n) is 27.2. The average molecular weight is 604 g/mol. The molecule has 0 N–H and O–H groups in total. The van der Waals surface area contributed by atoms with Crippen molar-refractivity contribution in [1.29, 1.82) is 0 Å². The predicted molar refractivity (Wildman–Crippen MR) is 187 cm³/mol. The molecule has 0 saturated carbocycles. The number of aryl methyl sites for hydroxylation is 1. The van der Waals surface area contributed by atoms with Crippen molar-refractivity contribution in [3.05, 3.63) is 156 Å². The number of hydrogen-bond acceptors (Lipinski definition) is 2. The van der Waals surface area contributed by atoms with Crippen molar-refractivity contribution in [2.45, 2.75) is 70.3 Å². The standard InChI is InChI=1S/C42H43N4/c1-4-41-42(5-2,6-3)38-26-24-35(29-37(38)40-22-13-14-27-45(40)41)46-30-39(43-44-46)34-21-15-20-33(28-34)36(32-18-11-8-12-19-32)25-23-31-16-9-7-10-17-31/h7-22,24,26-30,36,41H,4-6,23,25H2,1-3H3/q+1.